The second kappa shape index (κ2) is 10.8. The standard InChI is InChI=1S/C34H39NO6/c1-33(2)30-18-23-14-21(17-29(40-5)31(23)41-34(30,3)19-27(37)32(33)38)6-7-22-15-26(36)25(28(16-22)39-4)13-10-20-8-11-24(35)12-9-20/h6-17,27,30,32,36-38H,18-19,35H2,1-5H3/b7-6+,13-10+/t27-,30-,32-,34-/m1/s1. The number of anilines is 1. The Bertz CT molecular complexity index is 1490. The van der Waals surface area contributed by atoms with E-state index in [9.17, 15) is 15.3 Å². The number of fused-ring (bicyclic) bond motifs is 2. The summed E-state index contributed by atoms with van der Waals surface area (Å²) in [6.07, 6.45) is 6.93. The van der Waals surface area contributed by atoms with Crippen molar-refractivity contribution < 1.29 is 29.5 Å². The van der Waals surface area contributed by atoms with Gasteiger partial charge >= 0.3 is 0 Å². The molecule has 0 spiro atoms. The molecule has 7 nitrogen and oxygen atoms in total. The van der Waals surface area contributed by atoms with E-state index in [1.165, 1.54) is 0 Å². The van der Waals surface area contributed by atoms with E-state index in [1.807, 2.05) is 81.5 Å². The lowest BCUT2D eigenvalue weighted by Gasteiger charge is -2.56. The van der Waals surface area contributed by atoms with Crippen LogP contribution in [0.3, 0.4) is 0 Å². The van der Waals surface area contributed by atoms with Crippen LogP contribution in [0.15, 0.2) is 48.5 Å². The van der Waals surface area contributed by atoms with Crippen molar-refractivity contribution in [2.24, 2.45) is 11.3 Å². The number of nitrogens with two attached hydrogens (primary N) is 1. The molecule has 1 aliphatic heterocycles. The average Bonchev–Trinajstić information content (AvgIpc) is 2.94. The highest BCUT2D eigenvalue weighted by Gasteiger charge is 2.58. The molecule has 41 heavy (non-hydrogen) atoms. The second-order valence-corrected chi connectivity index (χ2v) is 11.9. The molecule has 0 aromatic heterocycles. The van der Waals surface area contributed by atoms with Crippen LogP contribution in [0.2, 0.25) is 0 Å². The minimum absolute atomic E-state index is 0.000106. The predicted molar refractivity (Wildman–Crippen MR) is 163 cm³/mol. The predicted octanol–water partition coefficient (Wildman–Crippen LogP) is 5.79. The lowest BCUT2D eigenvalue weighted by molar-refractivity contribution is -0.187. The molecule has 0 amide bonds. The number of benzene rings is 3. The first-order chi connectivity index (χ1) is 19.4. The number of aliphatic hydroxyl groups is 2. The van der Waals surface area contributed by atoms with E-state index in [4.69, 9.17) is 19.9 Å². The molecule has 5 N–H and O–H groups in total. The molecule has 5 rings (SSSR count). The highest BCUT2D eigenvalue weighted by atomic mass is 16.5. The van der Waals surface area contributed by atoms with Crippen molar-refractivity contribution in [2.45, 2.75) is 51.4 Å². The zero-order chi connectivity index (χ0) is 29.5. The van der Waals surface area contributed by atoms with Crippen LogP contribution in [-0.2, 0) is 6.42 Å². The number of rotatable bonds is 6. The summed E-state index contributed by atoms with van der Waals surface area (Å²) in [4.78, 5) is 0. The normalized spacial score (nSPS) is 25.0. The Kier molecular flexibility index (Phi) is 7.53. The van der Waals surface area contributed by atoms with Gasteiger partial charge in [0.25, 0.3) is 0 Å². The molecule has 7 heteroatoms. The van der Waals surface area contributed by atoms with Crippen molar-refractivity contribution in [1.82, 2.24) is 0 Å². The van der Waals surface area contributed by atoms with Gasteiger partial charge in [-0.05, 0) is 78.1 Å². The molecule has 1 aliphatic carbocycles. The lowest BCUT2D eigenvalue weighted by Crippen LogP contribution is -2.63. The van der Waals surface area contributed by atoms with Crippen molar-refractivity contribution in [3.8, 4) is 23.0 Å². The Hall–Kier alpha value is -3.94. The molecule has 3 aromatic rings. The number of hydrogen-bond donors (Lipinski definition) is 4. The van der Waals surface area contributed by atoms with Crippen molar-refractivity contribution in [3.63, 3.8) is 0 Å². The summed E-state index contributed by atoms with van der Waals surface area (Å²) in [6.45, 7) is 6.00. The van der Waals surface area contributed by atoms with E-state index in [-0.39, 0.29) is 11.7 Å². The van der Waals surface area contributed by atoms with Gasteiger partial charge in [-0.2, -0.15) is 0 Å². The number of hydrogen-bond acceptors (Lipinski definition) is 7. The Labute approximate surface area is 241 Å². The molecule has 2 aliphatic rings. The fourth-order valence-electron chi connectivity index (χ4n) is 6.45. The molecule has 3 aromatic carbocycles. The minimum atomic E-state index is -0.853. The molecule has 1 heterocycles. The van der Waals surface area contributed by atoms with E-state index in [2.05, 4.69) is 6.07 Å². The quantitative estimate of drug-likeness (QED) is 0.224. The maximum Gasteiger partial charge on any atom is 0.165 e. The zero-order valence-electron chi connectivity index (χ0n) is 24.2. The summed E-state index contributed by atoms with van der Waals surface area (Å²) in [6, 6.07) is 15.0. The Morgan fingerprint density at radius 2 is 1.46 bits per heavy atom. The van der Waals surface area contributed by atoms with Crippen molar-refractivity contribution in [2.75, 3.05) is 20.0 Å². The van der Waals surface area contributed by atoms with Gasteiger partial charge in [0.1, 0.15) is 17.1 Å². The third kappa shape index (κ3) is 5.39. The van der Waals surface area contributed by atoms with Gasteiger partial charge in [-0.3, -0.25) is 0 Å². The van der Waals surface area contributed by atoms with Gasteiger partial charge in [-0.15, -0.1) is 0 Å². The van der Waals surface area contributed by atoms with Gasteiger partial charge in [-0.1, -0.05) is 44.2 Å². The molecule has 4 atom stereocenters. The van der Waals surface area contributed by atoms with E-state index < -0.39 is 23.2 Å². The van der Waals surface area contributed by atoms with Gasteiger partial charge in [-0.25, -0.2) is 0 Å². The summed E-state index contributed by atoms with van der Waals surface area (Å²) in [5.41, 5.74) is 9.51. The van der Waals surface area contributed by atoms with Crippen LogP contribution in [0.5, 0.6) is 23.0 Å². The van der Waals surface area contributed by atoms with Gasteiger partial charge in [0.15, 0.2) is 11.5 Å². The van der Waals surface area contributed by atoms with Crippen LogP contribution in [0, 0.1) is 11.3 Å². The third-order valence-electron chi connectivity index (χ3n) is 8.72. The maximum atomic E-state index is 10.8. The van der Waals surface area contributed by atoms with Crippen molar-refractivity contribution in [1.29, 1.82) is 0 Å². The van der Waals surface area contributed by atoms with E-state index in [0.29, 0.717) is 41.3 Å². The molecular formula is C34H39NO6. The fourth-order valence-corrected chi connectivity index (χ4v) is 6.45. The average molecular weight is 558 g/mol. The maximum absolute atomic E-state index is 10.8. The Balaban J connectivity index is 1.44. The molecule has 0 bridgehead atoms. The fraction of sp³-hybridized carbons (Fsp3) is 0.353. The summed E-state index contributed by atoms with van der Waals surface area (Å²) >= 11 is 0. The number of nitrogen functional groups attached to an aromatic ring is 1. The minimum Gasteiger partial charge on any atom is -0.507 e. The van der Waals surface area contributed by atoms with Gasteiger partial charge in [0, 0.05) is 23.4 Å². The van der Waals surface area contributed by atoms with E-state index in [0.717, 1.165) is 22.3 Å². The highest BCUT2D eigenvalue weighted by molar-refractivity contribution is 5.80. The van der Waals surface area contributed by atoms with Crippen molar-refractivity contribution in [3.05, 3.63) is 76.3 Å². The number of methoxy groups -OCH3 is 2. The first kappa shape index (κ1) is 28.6. The SMILES string of the molecule is COc1cc(/C=C/c2cc3c(c(OC)c2)O[C@]2(C)C[C@@H](O)[C@@H](O)C(C)(C)[C@H]2C3)cc(O)c1/C=C/c1ccc(N)cc1. The molecule has 1 saturated carbocycles. The monoisotopic (exact) mass is 557 g/mol. The summed E-state index contributed by atoms with van der Waals surface area (Å²) in [7, 11) is 3.19. The van der Waals surface area contributed by atoms with Crippen LogP contribution < -0.4 is 19.9 Å². The topological polar surface area (TPSA) is 114 Å². The lowest BCUT2D eigenvalue weighted by atomic mass is 9.57. The molecule has 0 radical (unpaired) electrons. The van der Waals surface area contributed by atoms with Crippen LogP contribution in [0.1, 0.15) is 55.0 Å². The van der Waals surface area contributed by atoms with E-state index in [1.54, 1.807) is 20.3 Å². The molecular weight excluding hydrogens is 518 g/mol. The van der Waals surface area contributed by atoms with Crippen LogP contribution in [0.4, 0.5) is 5.69 Å². The highest BCUT2D eigenvalue weighted by Crippen LogP contribution is 2.55. The molecule has 1 fully saturated rings. The van der Waals surface area contributed by atoms with Crippen molar-refractivity contribution >= 4 is 30.0 Å². The largest absolute Gasteiger partial charge is 0.507 e. The van der Waals surface area contributed by atoms with Crippen LogP contribution >= 0.6 is 0 Å². The summed E-state index contributed by atoms with van der Waals surface area (Å²) in [5.74, 6) is 1.95. The first-order valence-electron chi connectivity index (χ1n) is 13.8. The van der Waals surface area contributed by atoms with E-state index >= 15 is 0 Å². The zero-order valence-corrected chi connectivity index (χ0v) is 24.2. The number of ether oxygens (including phenoxy) is 3. The number of aromatic hydroxyl groups is 1. The molecule has 0 saturated heterocycles. The van der Waals surface area contributed by atoms with Gasteiger partial charge in [0.05, 0.1) is 32.0 Å². The van der Waals surface area contributed by atoms with Gasteiger partial charge < -0.3 is 35.3 Å². The number of phenols is 1. The number of aliphatic hydroxyl groups excluding tert-OH is 2. The Morgan fingerprint density at radius 1 is 0.854 bits per heavy atom. The summed E-state index contributed by atoms with van der Waals surface area (Å²) in [5, 5.41) is 32.2. The Morgan fingerprint density at radius 3 is 2.12 bits per heavy atom. The summed E-state index contributed by atoms with van der Waals surface area (Å²) < 4.78 is 17.9. The van der Waals surface area contributed by atoms with Crippen LogP contribution in [0.25, 0.3) is 24.3 Å². The molecule has 0 unspecified atom stereocenters. The second-order valence-electron chi connectivity index (χ2n) is 11.9. The number of phenolic OH excluding ortho intramolecular Hbond substituents is 1. The first-order valence-corrected chi connectivity index (χ1v) is 13.8. The van der Waals surface area contributed by atoms with Gasteiger partial charge in [0.2, 0.25) is 0 Å². The smallest absolute Gasteiger partial charge is 0.165 e. The molecule has 216 valence electrons. The third-order valence-corrected chi connectivity index (χ3v) is 8.72. The van der Waals surface area contributed by atoms with Crippen LogP contribution in [-0.4, -0.2) is 47.3 Å².